The van der Waals surface area contributed by atoms with Crippen LogP contribution in [0.5, 0.6) is 0 Å². The summed E-state index contributed by atoms with van der Waals surface area (Å²) in [6.07, 6.45) is -3.56. The third-order valence-corrected chi connectivity index (χ3v) is 5.43. The smallest absolute Gasteiger partial charge is 0.416 e. The average molecular weight is 411 g/mol. The van der Waals surface area contributed by atoms with Gasteiger partial charge < -0.3 is 5.11 Å². The molecular weight excluding hydrogens is 391 g/mol. The van der Waals surface area contributed by atoms with E-state index in [4.69, 9.17) is 0 Å². The fourth-order valence-electron chi connectivity index (χ4n) is 3.97. The van der Waals surface area contributed by atoms with E-state index in [1.54, 1.807) is 24.3 Å². The summed E-state index contributed by atoms with van der Waals surface area (Å²) in [7, 11) is 0. The van der Waals surface area contributed by atoms with Crippen molar-refractivity contribution >= 4 is 5.97 Å². The monoisotopic (exact) mass is 411 g/mol. The molecule has 0 saturated carbocycles. The van der Waals surface area contributed by atoms with Crippen LogP contribution in [0.2, 0.25) is 0 Å². The van der Waals surface area contributed by atoms with Crippen molar-refractivity contribution in [2.45, 2.75) is 25.7 Å². The minimum Gasteiger partial charge on any atom is -0.478 e. The van der Waals surface area contributed by atoms with Gasteiger partial charge in [-0.25, -0.2) is 4.79 Å². The quantitative estimate of drug-likeness (QED) is 0.605. The molecule has 0 fully saturated rings. The summed E-state index contributed by atoms with van der Waals surface area (Å²) < 4.78 is 39.1. The van der Waals surface area contributed by atoms with E-state index in [0.717, 1.165) is 35.7 Å². The van der Waals surface area contributed by atoms with Gasteiger partial charge in [-0.05, 0) is 52.4 Å². The number of hydrogen-bond donors (Lipinski definition) is 1. The standard InChI is InChI=1S/C24H20F3NO2/c25-24(26,27)20-8-1-4-16(12-20)14-28-11-10-17-5-3-9-21(22(17)15-28)18-6-2-7-19(13-18)23(29)30/h1-9,12-13H,10-11,14-15H2,(H,29,30). The summed E-state index contributed by atoms with van der Waals surface area (Å²) >= 11 is 0. The summed E-state index contributed by atoms with van der Waals surface area (Å²) in [4.78, 5) is 13.5. The number of halogens is 3. The number of alkyl halides is 3. The van der Waals surface area contributed by atoms with Crippen LogP contribution in [0, 0.1) is 0 Å². The molecule has 0 saturated heterocycles. The number of carboxylic acid groups (broad SMARTS) is 1. The molecule has 3 aromatic carbocycles. The molecule has 3 aromatic rings. The maximum absolute atomic E-state index is 13.0. The molecule has 0 radical (unpaired) electrons. The van der Waals surface area contributed by atoms with Gasteiger partial charge in [0.25, 0.3) is 0 Å². The van der Waals surface area contributed by atoms with Gasteiger partial charge in [0.2, 0.25) is 0 Å². The molecule has 154 valence electrons. The van der Waals surface area contributed by atoms with Crippen molar-refractivity contribution in [2.75, 3.05) is 6.54 Å². The molecule has 0 spiro atoms. The van der Waals surface area contributed by atoms with Crippen LogP contribution in [0.4, 0.5) is 13.2 Å². The topological polar surface area (TPSA) is 40.5 Å². The molecule has 0 aliphatic carbocycles. The zero-order valence-electron chi connectivity index (χ0n) is 16.1. The number of aromatic carboxylic acids is 1. The van der Waals surface area contributed by atoms with Crippen molar-refractivity contribution in [3.05, 3.63) is 94.5 Å². The van der Waals surface area contributed by atoms with E-state index in [-0.39, 0.29) is 5.56 Å². The van der Waals surface area contributed by atoms with Gasteiger partial charge in [-0.15, -0.1) is 0 Å². The highest BCUT2D eigenvalue weighted by Gasteiger charge is 2.30. The summed E-state index contributed by atoms with van der Waals surface area (Å²) in [5.74, 6) is -0.979. The molecular formula is C24H20F3NO2. The Hall–Kier alpha value is -3.12. The van der Waals surface area contributed by atoms with Crippen LogP contribution in [0.3, 0.4) is 0 Å². The summed E-state index contributed by atoms with van der Waals surface area (Å²) in [6.45, 7) is 1.77. The Balaban J connectivity index is 1.61. The van der Waals surface area contributed by atoms with Crippen LogP contribution in [0.15, 0.2) is 66.7 Å². The minimum atomic E-state index is -4.35. The number of carboxylic acids is 1. The van der Waals surface area contributed by atoms with Crippen molar-refractivity contribution < 1.29 is 23.1 Å². The van der Waals surface area contributed by atoms with Crippen LogP contribution in [-0.4, -0.2) is 22.5 Å². The summed E-state index contributed by atoms with van der Waals surface area (Å²) in [5.41, 5.74) is 4.28. The molecule has 0 atom stereocenters. The highest BCUT2D eigenvalue weighted by molar-refractivity contribution is 5.89. The van der Waals surface area contributed by atoms with E-state index >= 15 is 0 Å². The number of hydrogen-bond acceptors (Lipinski definition) is 2. The Morgan fingerprint density at radius 3 is 2.53 bits per heavy atom. The lowest BCUT2D eigenvalue weighted by molar-refractivity contribution is -0.137. The largest absolute Gasteiger partial charge is 0.478 e. The van der Waals surface area contributed by atoms with Crippen LogP contribution in [0.1, 0.15) is 32.6 Å². The zero-order valence-corrected chi connectivity index (χ0v) is 16.1. The predicted octanol–water partition coefficient (Wildman–Crippen LogP) is 5.63. The second-order valence-electron chi connectivity index (χ2n) is 7.49. The molecule has 30 heavy (non-hydrogen) atoms. The number of rotatable bonds is 4. The van der Waals surface area contributed by atoms with Gasteiger partial charge in [-0.2, -0.15) is 13.2 Å². The number of nitrogens with zero attached hydrogens (tertiary/aromatic N) is 1. The van der Waals surface area contributed by atoms with Gasteiger partial charge in [0.05, 0.1) is 11.1 Å². The van der Waals surface area contributed by atoms with Gasteiger partial charge in [-0.1, -0.05) is 48.5 Å². The third-order valence-electron chi connectivity index (χ3n) is 5.43. The van der Waals surface area contributed by atoms with Crippen molar-refractivity contribution in [1.82, 2.24) is 4.90 Å². The molecule has 4 rings (SSSR count). The summed E-state index contributed by atoms with van der Waals surface area (Å²) in [6, 6.07) is 18.3. The van der Waals surface area contributed by atoms with E-state index in [1.807, 2.05) is 18.2 Å². The molecule has 1 aliphatic heterocycles. The Kier molecular flexibility index (Phi) is 5.35. The SMILES string of the molecule is O=C(O)c1cccc(-c2cccc3c2CN(Cc2cccc(C(F)(F)F)c2)CC3)c1. The average Bonchev–Trinajstić information content (AvgIpc) is 2.73. The number of fused-ring (bicyclic) bond motifs is 1. The fraction of sp³-hybridized carbons (Fsp3) is 0.208. The molecule has 0 aromatic heterocycles. The Morgan fingerprint density at radius 2 is 1.77 bits per heavy atom. The van der Waals surface area contributed by atoms with Crippen LogP contribution >= 0.6 is 0 Å². The molecule has 0 amide bonds. The molecule has 3 nitrogen and oxygen atoms in total. The fourth-order valence-corrected chi connectivity index (χ4v) is 3.97. The maximum atomic E-state index is 13.0. The van der Waals surface area contributed by atoms with E-state index in [9.17, 15) is 23.1 Å². The van der Waals surface area contributed by atoms with E-state index < -0.39 is 17.7 Å². The highest BCUT2D eigenvalue weighted by Crippen LogP contribution is 2.33. The molecule has 1 aliphatic rings. The molecule has 0 bridgehead atoms. The maximum Gasteiger partial charge on any atom is 0.416 e. The minimum absolute atomic E-state index is 0.224. The Bertz CT molecular complexity index is 1090. The Morgan fingerprint density at radius 1 is 1.00 bits per heavy atom. The second kappa shape index (κ2) is 7.95. The van der Waals surface area contributed by atoms with Gasteiger partial charge >= 0.3 is 12.1 Å². The highest BCUT2D eigenvalue weighted by atomic mass is 19.4. The number of carbonyl (C=O) groups is 1. The van der Waals surface area contributed by atoms with Crippen molar-refractivity contribution in [3.63, 3.8) is 0 Å². The molecule has 1 heterocycles. The van der Waals surface area contributed by atoms with Crippen molar-refractivity contribution in [1.29, 1.82) is 0 Å². The third kappa shape index (κ3) is 4.24. The first-order valence-corrected chi connectivity index (χ1v) is 9.64. The first-order chi connectivity index (χ1) is 14.3. The van der Waals surface area contributed by atoms with Crippen molar-refractivity contribution in [2.24, 2.45) is 0 Å². The lowest BCUT2D eigenvalue weighted by atomic mass is 9.90. The van der Waals surface area contributed by atoms with Gasteiger partial charge in [0, 0.05) is 19.6 Å². The summed E-state index contributed by atoms with van der Waals surface area (Å²) in [5, 5.41) is 9.29. The van der Waals surface area contributed by atoms with Crippen LogP contribution in [-0.2, 0) is 25.7 Å². The second-order valence-corrected chi connectivity index (χ2v) is 7.49. The molecule has 1 N–H and O–H groups in total. The normalized spacial score (nSPS) is 14.4. The van der Waals surface area contributed by atoms with Gasteiger partial charge in [-0.3, -0.25) is 4.90 Å². The molecule has 0 unspecified atom stereocenters. The van der Waals surface area contributed by atoms with Crippen molar-refractivity contribution in [3.8, 4) is 11.1 Å². The van der Waals surface area contributed by atoms with Crippen LogP contribution in [0.25, 0.3) is 11.1 Å². The molecule has 6 heteroatoms. The first kappa shape index (κ1) is 20.2. The first-order valence-electron chi connectivity index (χ1n) is 9.64. The lowest BCUT2D eigenvalue weighted by Crippen LogP contribution is -2.30. The van der Waals surface area contributed by atoms with E-state index in [0.29, 0.717) is 18.7 Å². The van der Waals surface area contributed by atoms with Gasteiger partial charge in [0.15, 0.2) is 0 Å². The zero-order chi connectivity index (χ0) is 21.3. The van der Waals surface area contributed by atoms with E-state index in [2.05, 4.69) is 11.0 Å². The van der Waals surface area contributed by atoms with E-state index in [1.165, 1.54) is 17.7 Å². The Labute approximate surface area is 172 Å². The van der Waals surface area contributed by atoms with Crippen LogP contribution < -0.4 is 0 Å². The number of benzene rings is 3. The lowest BCUT2D eigenvalue weighted by Gasteiger charge is -2.30. The van der Waals surface area contributed by atoms with Gasteiger partial charge in [0.1, 0.15) is 0 Å². The predicted molar refractivity (Wildman–Crippen MR) is 108 cm³/mol.